The molecule has 0 saturated carbocycles. The average molecular weight is 329 g/mol. The molecule has 0 unspecified atom stereocenters. The van der Waals surface area contributed by atoms with E-state index in [1.807, 2.05) is 0 Å². The van der Waals surface area contributed by atoms with Gasteiger partial charge in [0.25, 0.3) is 0 Å². The van der Waals surface area contributed by atoms with Crippen molar-refractivity contribution >= 4 is 21.6 Å². The Hall–Kier alpha value is -0.960. The summed E-state index contributed by atoms with van der Waals surface area (Å²) in [5, 5.41) is -0.196. The molecule has 1 aromatic carbocycles. The SMILES string of the molecule is CN(CCCN)S(=O)(=O)c1ccc(OC(F)F)c(Cl)c1. The first-order valence-electron chi connectivity index (χ1n) is 5.69. The molecule has 0 aliphatic carbocycles. The van der Waals surface area contributed by atoms with E-state index in [-0.39, 0.29) is 22.2 Å². The molecule has 0 radical (unpaired) electrons. The first-order valence-corrected chi connectivity index (χ1v) is 7.51. The predicted molar refractivity (Wildman–Crippen MR) is 71.6 cm³/mol. The Balaban J connectivity index is 2.99. The molecule has 1 rings (SSSR count). The third-order valence-corrected chi connectivity index (χ3v) is 4.65. The number of hydrogen-bond acceptors (Lipinski definition) is 4. The molecule has 20 heavy (non-hydrogen) atoms. The standard InChI is InChI=1S/C11H15ClF2N2O3S/c1-16(6-2-5-15)20(17,18)8-3-4-10(9(12)7-8)19-11(13)14/h3-4,7,11H,2,5-6,15H2,1H3. The minimum absolute atomic E-state index is 0.0939. The summed E-state index contributed by atoms with van der Waals surface area (Å²) in [7, 11) is -2.32. The van der Waals surface area contributed by atoms with Gasteiger partial charge in [0.05, 0.1) is 9.92 Å². The van der Waals surface area contributed by atoms with Crippen LogP contribution in [-0.2, 0) is 10.0 Å². The fourth-order valence-corrected chi connectivity index (χ4v) is 2.97. The third kappa shape index (κ3) is 4.27. The minimum Gasteiger partial charge on any atom is -0.433 e. The second-order valence-corrected chi connectivity index (χ2v) is 6.39. The normalized spacial score (nSPS) is 12.2. The monoisotopic (exact) mass is 328 g/mol. The second-order valence-electron chi connectivity index (χ2n) is 3.94. The van der Waals surface area contributed by atoms with Crippen LogP contribution < -0.4 is 10.5 Å². The molecule has 1 aromatic rings. The first-order chi connectivity index (χ1) is 9.28. The van der Waals surface area contributed by atoms with Crippen molar-refractivity contribution in [3.05, 3.63) is 23.2 Å². The van der Waals surface area contributed by atoms with Gasteiger partial charge < -0.3 is 10.5 Å². The van der Waals surface area contributed by atoms with Crippen LogP contribution in [0.25, 0.3) is 0 Å². The fourth-order valence-electron chi connectivity index (χ4n) is 1.45. The molecule has 0 bridgehead atoms. The highest BCUT2D eigenvalue weighted by Gasteiger charge is 2.22. The summed E-state index contributed by atoms with van der Waals surface area (Å²) in [5.41, 5.74) is 5.32. The van der Waals surface area contributed by atoms with E-state index >= 15 is 0 Å². The molecule has 0 saturated heterocycles. The van der Waals surface area contributed by atoms with Gasteiger partial charge in [0.15, 0.2) is 0 Å². The van der Waals surface area contributed by atoms with Crippen LogP contribution in [-0.4, -0.2) is 39.5 Å². The maximum Gasteiger partial charge on any atom is 0.387 e. The number of hydrogen-bond donors (Lipinski definition) is 1. The van der Waals surface area contributed by atoms with Crippen molar-refractivity contribution in [3.8, 4) is 5.75 Å². The van der Waals surface area contributed by atoms with E-state index in [0.29, 0.717) is 13.0 Å². The fraction of sp³-hybridized carbons (Fsp3) is 0.455. The largest absolute Gasteiger partial charge is 0.433 e. The number of nitrogens with two attached hydrogens (primary N) is 1. The van der Waals surface area contributed by atoms with Crippen LogP contribution in [0, 0.1) is 0 Å². The van der Waals surface area contributed by atoms with Gasteiger partial charge in [-0.3, -0.25) is 0 Å². The smallest absolute Gasteiger partial charge is 0.387 e. The summed E-state index contributed by atoms with van der Waals surface area (Å²) < 4.78 is 53.8. The number of nitrogens with zero attached hydrogens (tertiary/aromatic N) is 1. The summed E-state index contributed by atoms with van der Waals surface area (Å²) in [6, 6.07) is 3.34. The van der Waals surface area contributed by atoms with E-state index in [0.717, 1.165) is 22.5 Å². The Morgan fingerprint density at radius 1 is 1.45 bits per heavy atom. The molecule has 5 nitrogen and oxygen atoms in total. The lowest BCUT2D eigenvalue weighted by Crippen LogP contribution is -2.29. The maximum absolute atomic E-state index is 12.2. The van der Waals surface area contributed by atoms with E-state index in [1.54, 1.807) is 0 Å². The summed E-state index contributed by atoms with van der Waals surface area (Å²) in [6.07, 6.45) is 0.510. The second kappa shape index (κ2) is 7.16. The van der Waals surface area contributed by atoms with Crippen molar-refractivity contribution in [2.24, 2.45) is 5.73 Å². The van der Waals surface area contributed by atoms with Gasteiger partial charge in [-0.15, -0.1) is 0 Å². The van der Waals surface area contributed by atoms with Gasteiger partial charge in [0.1, 0.15) is 5.75 Å². The highest BCUT2D eigenvalue weighted by Crippen LogP contribution is 2.29. The molecular formula is C11H15ClF2N2O3S. The van der Waals surface area contributed by atoms with Crippen LogP contribution in [0.2, 0.25) is 5.02 Å². The van der Waals surface area contributed by atoms with Crippen molar-refractivity contribution in [1.82, 2.24) is 4.31 Å². The molecule has 0 spiro atoms. The Labute approximate surface area is 121 Å². The molecule has 0 heterocycles. The van der Waals surface area contributed by atoms with Crippen molar-refractivity contribution in [1.29, 1.82) is 0 Å². The van der Waals surface area contributed by atoms with Gasteiger partial charge in [-0.1, -0.05) is 11.6 Å². The van der Waals surface area contributed by atoms with E-state index in [2.05, 4.69) is 4.74 Å². The first kappa shape index (κ1) is 17.1. The van der Waals surface area contributed by atoms with Crippen LogP contribution in [0.5, 0.6) is 5.75 Å². The zero-order chi connectivity index (χ0) is 15.3. The van der Waals surface area contributed by atoms with E-state index in [1.165, 1.54) is 7.05 Å². The summed E-state index contributed by atoms with van der Waals surface area (Å²) in [4.78, 5) is -0.0939. The number of benzene rings is 1. The Morgan fingerprint density at radius 3 is 2.60 bits per heavy atom. The van der Waals surface area contributed by atoms with Gasteiger partial charge in [0.2, 0.25) is 10.0 Å². The topological polar surface area (TPSA) is 72.6 Å². The molecular weight excluding hydrogens is 314 g/mol. The zero-order valence-electron chi connectivity index (χ0n) is 10.7. The number of halogens is 3. The molecule has 0 aliphatic heterocycles. The Kier molecular flexibility index (Phi) is 6.12. The van der Waals surface area contributed by atoms with Crippen LogP contribution in [0.4, 0.5) is 8.78 Å². The lowest BCUT2D eigenvalue weighted by molar-refractivity contribution is -0.0498. The van der Waals surface area contributed by atoms with Crippen LogP contribution in [0.1, 0.15) is 6.42 Å². The van der Waals surface area contributed by atoms with Gasteiger partial charge in [-0.05, 0) is 31.2 Å². The average Bonchev–Trinajstić information content (AvgIpc) is 2.37. The highest BCUT2D eigenvalue weighted by atomic mass is 35.5. The van der Waals surface area contributed by atoms with Crippen LogP contribution in [0.15, 0.2) is 23.1 Å². The summed E-state index contributed by atoms with van der Waals surface area (Å²) in [6.45, 7) is -2.41. The van der Waals surface area contributed by atoms with Crippen molar-refractivity contribution in [2.45, 2.75) is 17.9 Å². The van der Waals surface area contributed by atoms with Crippen molar-refractivity contribution < 1.29 is 21.9 Å². The molecule has 0 amide bonds. The molecule has 114 valence electrons. The quantitative estimate of drug-likeness (QED) is 0.830. The summed E-state index contributed by atoms with van der Waals surface area (Å²) >= 11 is 5.73. The third-order valence-electron chi connectivity index (χ3n) is 2.50. The van der Waals surface area contributed by atoms with E-state index in [9.17, 15) is 17.2 Å². The Bertz CT molecular complexity index is 555. The minimum atomic E-state index is -3.73. The number of ether oxygens (including phenoxy) is 1. The van der Waals surface area contributed by atoms with Crippen LogP contribution >= 0.6 is 11.6 Å². The number of alkyl halides is 2. The maximum atomic E-state index is 12.2. The summed E-state index contributed by atoms with van der Waals surface area (Å²) in [5.74, 6) is -0.273. The lowest BCUT2D eigenvalue weighted by atomic mass is 10.3. The lowest BCUT2D eigenvalue weighted by Gasteiger charge is -2.17. The van der Waals surface area contributed by atoms with Crippen molar-refractivity contribution in [2.75, 3.05) is 20.1 Å². The van der Waals surface area contributed by atoms with Crippen molar-refractivity contribution in [3.63, 3.8) is 0 Å². The molecule has 9 heteroatoms. The van der Waals surface area contributed by atoms with E-state index < -0.39 is 16.6 Å². The predicted octanol–water partition coefficient (Wildman–Crippen LogP) is 1.91. The van der Waals surface area contributed by atoms with E-state index in [4.69, 9.17) is 17.3 Å². The van der Waals surface area contributed by atoms with Crippen LogP contribution in [0.3, 0.4) is 0 Å². The molecule has 2 N–H and O–H groups in total. The molecule has 0 atom stereocenters. The van der Waals surface area contributed by atoms with Gasteiger partial charge in [0, 0.05) is 13.6 Å². The zero-order valence-corrected chi connectivity index (χ0v) is 12.3. The van der Waals surface area contributed by atoms with Gasteiger partial charge in [-0.25, -0.2) is 12.7 Å². The van der Waals surface area contributed by atoms with Gasteiger partial charge >= 0.3 is 6.61 Å². The molecule has 0 aromatic heterocycles. The number of rotatable bonds is 7. The highest BCUT2D eigenvalue weighted by molar-refractivity contribution is 7.89. The molecule has 0 aliphatic rings. The Morgan fingerprint density at radius 2 is 2.10 bits per heavy atom. The molecule has 0 fully saturated rings. The van der Waals surface area contributed by atoms with Gasteiger partial charge in [-0.2, -0.15) is 8.78 Å². The number of sulfonamides is 1.